The van der Waals surface area contributed by atoms with Crippen LogP contribution >= 0.6 is 0 Å². The summed E-state index contributed by atoms with van der Waals surface area (Å²) in [4.78, 5) is 37.3. The van der Waals surface area contributed by atoms with E-state index in [9.17, 15) is 14.4 Å². The number of hydrogen-bond acceptors (Lipinski definition) is 4. The molecular weight excluding hydrogens is 282 g/mol. The number of hydrogen-bond donors (Lipinski definition) is 0. The van der Waals surface area contributed by atoms with Crippen molar-refractivity contribution in [3.05, 3.63) is 54.1 Å². The third-order valence-corrected chi connectivity index (χ3v) is 3.43. The lowest BCUT2D eigenvalue weighted by Crippen LogP contribution is -2.31. The van der Waals surface area contributed by atoms with E-state index in [4.69, 9.17) is 4.74 Å². The zero-order valence-electron chi connectivity index (χ0n) is 11.9. The highest BCUT2D eigenvalue weighted by Crippen LogP contribution is 2.33. The number of benzene rings is 2. The Bertz CT molecular complexity index is 805. The van der Waals surface area contributed by atoms with Crippen LogP contribution in [0.15, 0.2) is 48.6 Å². The van der Waals surface area contributed by atoms with Gasteiger partial charge in [-0.15, -0.1) is 0 Å². The first-order chi connectivity index (χ1) is 10.6. The molecule has 0 radical (unpaired) electrons. The smallest absolute Gasteiger partial charge is 0.340 e. The average molecular weight is 295 g/mol. The van der Waals surface area contributed by atoms with E-state index in [0.29, 0.717) is 5.39 Å². The highest BCUT2D eigenvalue weighted by atomic mass is 16.5. The second kappa shape index (κ2) is 5.44. The predicted octanol–water partition coefficient (Wildman–Crippen LogP) is 2.45. The van der Waals surface area contributed by atoms with Crippen molar-refractivity contribution in [3.8, 4) is 0 Å². The summed E-state index contributed by atoms with van der Waals surface area (Å²) in [6.45, 7) is 1.91. The van der Waals surface area contributed by atoms with Crippen molar-refractivity contribution in [2.24, 2.45) is 0 Å². The van der Waals surface area contributed by atoms with Crippen molar-refractivity contribution < 1.29 is 19.1 Å². The Morgan fingerprint density at radius 2 is 1.73 bits per heavy atom. The molecule has 5 nitrogen and oxygen atoms in total. The van der Waals surface area contributed by atoms with Gasteiger partial charge in [-0.3, -0.25) is 9.59 Å². The zero-order chi connectivity index (χ0) is 15.7. The van der Waals surface area contributed by atoms with E-state index >= 15 is 0 Å². The van der Waals surface area contributed by atoms with Gasteiger partial charge in [0.05, 0.1) is 17.9 Å². The van der Waals surface area contributed by atoms with Gasteiger partial charge in [0.25, 0.3) is 11.8 Å². The third kappa shape index (κ3) is 2.16. The summed E-state index contributed by atoms with van der Waals surface area (Å²) in [7, 11) is 0. The number of amides is 2. The monoisotopic (exact) mass is 295 g/mol. The Hall–Kier alpha value is -2.95. The van der Waals surface area contributed by atoms with Crippen molar-refractivity contribution in [3.63, 3.8) is 0 Å². The lowest BCUT2D eigenvalue weighted by atomic mass is 10.0. The van der Waals surface area contributed by atoms with Gasteiger partial charge in [0, 0.05) is 17.5 Å². The molecule has 3 rings (SSSR count). The molecule has 0 fully saturated rings. The fraction of sp³-hybridized carbons (Fsp3) is 0.118. The highest BCUT2D eigenvalue weighted by Gasteiger charge is 2.31. The van der Waals surface area contributed by atoms with Crippen LogP contribution < -0.4 is 4.90 Å². The summed E-state index contributed by atoms with van der Waals surface area (Å²) in [5.41, 5.74) is 0.475. The van der Waals surface area contributed by atoms with Gasteiger partial charge < -0.3 is 4.74 Å². The minimum Gasteiger partial charge on any atom is -0.462 e. The molecule has 22 heavy (non-hydrogen) atoms. The van der Waals surface area contributed by atoms with Crippen molar-refractivity contribution in [1.29, 1.82) is 0 Å². The van der Waals surface area contributed by atoms with Crippen LogP contribution in [0.1, 0.15) is 17.3 Å². The number of carbonyl (C=O) groups is 3. The molecule has 5 heteroatoms. The molecule has 0 saturated heterocycles. The summed E-state index contributed by atoms with van der Waals surface area (Å²) in [5, 5.41) is 1.48. The van der Waals surface area contributed by atoms with Crippen LogP contribution in [-0.4, -0.2) is 24.4 Å². The number of esters is 1. The lowest BCUT2D eigenvalue weighted by molar-refractivity contribution is -0.119. The SMILES string of the molecule is CCOC(=O)c1ccc2ccccc2c1N1C(=O)C=CC1=O. The molecule has 0 bridgehead atoms. The number of imide groups is 1. The summed E-state index contributed by atoms with van der Waals surface area (Å²) < 4.78 is 5.04. The Morgan fingerprint density at radius 1 is 1.05 bits per heavy atom. The third-order valence-electron chi connectivity index (χ3n) is 3.43. The number of ether oxygens (including phenoxy) is 1. The average Bonchev–Trinajstić information content (AvgIpc) is 2.85. The molecule has 2 aromatic rings. The largest absolute Gasteiger partial charge is 0.462 e. The molecule has 2 amide bonds. The maximum Gasteiger partial charge on any atom is 0.340 e. The first-order valence-corrected chi connectivity index (χ1v) is 6.88. The second-order valence-corrected chi connectivity index (χ2v) is 4.75. The first kappa shape index (κ1) is 14.0. The summed E-state index contributed by atoms with van der Waals surface area (Å²) in [6.07, 6.45) is 2.39. The van der Waals surface area contributed by atoms with Crippen molar-refractivity contribution in [2.45, 2.75) is 6.92 Å². The standard InChI is InChI=1S/C17H13NO4/c1-2-22-17(21)13-8-7-11-5-3-4-6-12(11)16(13)18-14(19)9-10-15(18)20/h3-10H,2H2,1H3. The quantitative estimate of drug-likeness (QED) is 0.644. The Balaban J connectivity index is 2.28. The van der Waals surface area contributed by atoms with Crippen LogP contribution in [0.5, 0.6) is 0 Å². The van der Waals surface area contributed by atoms with E-state index in [1.165, 1.54) is 12.2 Å². The molecule has 110 valence electrons. The predicted molar refractivity (Wildman–Crippen MR) is 81.5 cm³/mol. The number of nitrogens with zero attached hydrogens (tertiary/aromatic N) is 1. The van der Waals surface area contributed by atoms with Gasteiger partial charge in [0.2, 0.25) is 0 Å². The fourth-order valence-corrected chi connectivity index (χ4v) is 2.49. The molecule has 0 N–H and O–H groups in total. The molecule has 1 aliphatic rings. The van der Waals surface area contributed by atoms with Crippen molar-refractivity contribution in [1.82, 2.24) is 0 Å². The molecule has 0 spiro atoms. The van der Waals surface area contributed by atoms with E-state index in [2.05, 4.69) is 0 Å². The van der Waals surface area contributed by atoms with E-state index in [1.807, 2.05) is 12.1 Å². The van der Waals surface area contributed by atoms with Crippen molar-refractivity contribution >= 4 is 34.2 Å². The van der Waals surface area contributed by atoms with Crippen LogP contribution in [0.25, 0.3) is 10.8 Å². The normalized spacial score (nSPS) is 14.0. The van der Waals surface area contributed by atoms with E-state index in [-0.39, 0.29) is 17.9 Å². The molecule has 2 aromatic carbocycles. The van der Waals surface area contributed by atoms with Crippen LogP contribution in [0.4, 0.5) is 5.69 Å². The Labute approximate surface area is 126 Å². The minimum atomic E-state index is -0.559. The highest BCUT2D eigenvalue weighted by molar-refractivity contribution is 6.32. The van der Waals surface area contributed by atoms with Crippen LogP contribution in [0, 0.1) is 0 Å². The van der Waals surface area contributed by atoms with Gasteiger partial charge in [-0.25, -0.2) is 9.69 Å². The lowest BCUT2D eigenvalue weighted by Gasteiger charge is -2.19. The summed E-state index contributed by atoms with van der Waals surface area (Å²) >= 11 is 0. The molecule has 0 aliphatic carbocycles. The molecule has 0 aromatic heterocycles. The van der Waals surface area contributed by atoms with Gasteiger partial charge in [0.1, 0.15) is 0 Å². The number of rotatable bonds is 3. The second-order valence-electron chi connectivity index (χ2n) is 4.75. The Morgan fingerprint density at radius 3 is 2.41 bits per heavy atom. The van der Waals surface area contributed by atoms with Crippen LogP contribution in [0.2, 0.25) is 0 Å². The minimum absolute atomic E-state index is 0.200. The van der Waals surface area contributed by atoms with Crippen LogP contribution in [-0.2, 0) is 14.3 Å². The first-order valence-electron chi connectivity index (χ1n) is 6.88. The fourth-order valence-electron chi connectivity index (χ4n) is 2.49. The number of fused-ring (bicyclic) bond motifs is 1. The van der Waals surface area contributed by atoms with Crippen LogP contribution in [0.3, 0.4) is 0 Å². The summed E-state index contributed by atoms with van der Waals surface area (Å²) in [6, 6.07) is 10.6. The van der Waals surface area contributed by atoms with Gasteiger partial charge in [-0.05, 0) is 18.4 Å². The van der Waals surface area contributed by atoms with E-state index in [1.54, 1.807) is 31.2 Å². The van der Waals surface area contributed by atoms with E-state index in [0.717, 1.165) is 10.3 Å². The number of carbonyl (C=O) groups excluding carboxylic acids is 3. The topological polar surface area (TPSA) is 63.7 Å². The maximum absolute atomic E-state index is 12.2. The maximum atomic E-state index is 12.2. The molecule has 1 heterocycles. The number of anilines is 1. The van der Waals surface area contributed by atoms with Gasteiger partial charge >= 0.3 is 5.97 Å². The van der Waals surface area contributed by atoms with Gasteiger partial charge in [-0.1, -0.05) is 30.3 Å². The molecule has 1 aliphatic heterocycles. The van der Waals surface area contributed by atoms with E-state index < -0.39 is 17.8 Å². The molecular formula is C17H13NO4. The van der Waals surface area contributed by atoms with Gasteiger partial charge in [-0.2, -0.15) is 0 Å². The Kier molecular flexibility index (Phi) is 3.47. The summed E-state index contributed by atoms with van der Waals surface area (Å²) in [5.74, 6) is -1.49. The molecule has 0 atom stereocenters. The zero-order valence-corrected chi connectivity index (χ0v) is 11.9. The molecule has 0 unspecified atom stereocenters. The molecule has 0 saturated carbocycles. The van der Waals surface area contributed by atoms with Gasteiger partial charge in [0.15, 0.2) is 0 Å². The van der Waals surface area contributed by atoms with Crippen molar-refractivity contribution in [2.75, 3.05) is 11.5 Å².